The lowest BCUT2D eigenvalue weighted by molar-refractivity contribution is 0.184. The van der Waals surface area contributed by atoms with Crippen molar-refractivity contribution < 1.29 is 5.11 Å². The second-order valence-electron chi connectivity index (χ2n) is 4.93. The van der Waals surface area contributed by atoms with Crippen LogP contribution in [0.3, 0.4) is 0 Å². The molecular weight excluding hydrogens is 276 g/mol. The van der Waals surface area contributed by atoms with E-state index >= 15 is 0 Å². The summed E-state index contributed by atoms with van der Waals surface area (Å²) in [7, 11) is 0. The Morgan fingerprint density at radius 1 is 1.05 bits per heavy atom. The van der Waals surface area contributed by atoms with Crippen molar-refractivity contribution in [1.29, 1.82) is 0 Å². The molecule has 0 fully saturated rings. The number of hydrogen-bond acceptors (Lipinski definition) is 2. The molecular formula is C19H20OS. The van der Waals surface area contributed by atoms with E-state index in [0.717, 1.165) is 15.4 Å². The van der Waals surface area contributed by atoms with Crippen molar-refractivity contribution in [2.24, 2.45) is 5.92 Å². The van der Waals surface area contributed by atoms with Gasteiger partial charge in [0, 0.05) is 10.8 Å². The minimum atomic E-state index is -0.533. The first-order valence-electron chi connectivity index (χ1n) is 7.00. The Morgan fingerprint density at radius 2 is 1.62 bits per heavy atom. The second kappa shape index (κ2) is 7.87. The third kappa shape index (κ3) is 4.92. The molecule has 0 aliphatic heterocycles. The molecule has 2 heteroatoms. The van der Waals surface area contributed by atoms with Crippen LogP contribution in [0.2, 0.25) is 0 Å². The predicted octanol–water partition coefficient (Wildman–Crippen LogP) is 5.00. The third-order valence-electron chi connectivity index (χ3n) is 3.30. The standard InChI is InChI=1S/C19H20OS/c1-15(16(2)21-18-11-7-4-8-12-18)19(20)14-13-17-9-5-3-6-10-17/h3-15,19-20H,2H2,1H3/b14-13+/t15-,19+/m0/s1. The molecule has 0 spiro atoms. The Bertz CT molecular complexity index is 589. The first-order valence-corrected chi connectivity index (χ1v) is 7.81. The zero-order valence-corrected chi connectivity index (χ0v) is 13.0. The molecule has 1 N–H and O–H groups in total. The molecule has 21 heavy (non-hydrogen) atoms. The van der Waals surface area contributed by atoms with Gasteiger partial charge in [0.1, 0.15) is 0 Å². The van der Waals surface area contributed by atoms with Crippen molar-refractivity contribution in [2.75, 3.05) is 0 Å². The van der Waals surface area contributed by atoms with E-state index in [2.05, 4.69) is 18.7 Å². The zero-order valence-electron chi connectivity index (χ0n) is 12.1. The fourth-order valence-electron chi connectivity index (χ4n) is 1.86. The molecule has 2 aromatic carbocycles. The maximum Gasteiger partial charge on any atom is 0.0794 e. The van der Waals surface area contributed by atoms with Crippen LogP contribution in [0.15, 0.2) is 83.1 Å². The van der Waals surface area contributed by atoms with Gasteiger partial charge in [-0.1, -0.05) is 85.9 Å². The van der Waals surface area contributed by atoms with E-state index in [9.17, 15) is 5.11 Å². The van der Waals surface area contributed by atoms with E-state index in [0.29, 0.717) is 0 Å². The number of hydrogen-bond donors (Lipinski definition) is 1. The third-order valence-corrected chi connectivity index (χ3v) is 4.44. The number of thioether (sulfide) groups is 1. The van der Waals surface area contributed by atoms with Crippen LogP contribution in [-0.4, -0.2) is 11.2 Å². The van der Waals surface area contributed by atoms with Crippen LogP contribution in [0, 0.1) is 5.92 Å². The molecule has 2 atom stereocenters. The van der Waals surface area contributed by atoms with Crippen molar-refractivity contribution in [3.05, 3.63) is 83.8 Å². The molecule has 0 saturated carbocycles. The van der Waals surface area contributed by atoms with Crippen molar-refractivity contribution in [3.8, 4) is 0 Å². The van der Waals surface area contributed by atoms with Crippen LogP contribution < -0.4 is 0 Å². The molecule has 0 bridgehead atoms. The van der Waals surface area contributed by atoms with Crippen LogP contribution in [0.1, 0.15) is 12.5 Å². The molecule has 1 nitrogen and oxygen atoms in total. The molecule has 0 unspecified atom stereocenters. The van der Waals surface area contributed by atoms with Gasteiger partial charge in [-0.05, 0) is 22.6 Å². The van der Waals surface area contributed by atoms with E-state index in [1.807, 2.05) is 67.6 Å². The van der Waals surface area contributed by atoms with Crippen LogP contribution in [0.25, 0.3) is 6.08 Å². The van der Waals surface area contributed by atoms with E-state index in [4.69, 9.17) is 0 Å². The Labute approximate surface area is 131 Å². The molecule has 0 heterocycles. The topological polar surface area (TPSA) is 20.2 Å². The Kier molecular flexibility index (Phi) is 5.85. The van der Waals surface area contributed by atoms with Crippen LogP contribution in [-0.2, 0) is 0 Å². The Morgan fingerprint density at radius 3 is 2.24 bits per heavy atom. The first kappa shape index (κ1) is 15.6. The molecule has 0 aliphatic rings. The predicted molar refractivity (Wildman–Crippen MR) is 92.1 cm³/mol. The van der Waals surface area contributed by atoms with E-state index in [1.54, 1.807) is 11.8 Å². The highest BCUT2D eigenvalue weighted by atomic mass is 32.2. The SMILES string of the molecule is C=C(Sc1ccccc1)[C@H](C)[C@H](O)/C=C/c1ccccc1. The number of benzene rings is 2. The summed E-state index contributed by atoms with van der Waals surface area (Å²) in [5.74, 6) is -0.00447. The van der Waals surface area contributed by atoms with Gasteiger partial charge < -0.3 is 5.11 Å². The smallest absolute Gasteiger partial charge is 0.0794 e. The van der Waals surface area contributed by atoms with E-state index in [1.165, 1.54) is 0 Å². The zero-order chi connectivity index (χ0) is 15.1. The number of aliphatic hydroxyl groups is 1. The lowest BCUT2D eigenvalue weighted by Gasteiger charge is -2.18. The minimum Gasteiger partial charge on any atom is -0.388 e. The molecule has 2 rings (SSSR count). The maximum absolute atomic E-state index is 10.3. The Balaban J connectivity index is 1.94. The minimum absolute atomic E-state index is 0.00447. The summed E-state index contributed by atoms with van der Waals surface area (Å²) in [5, 5.41) is 10.3. The normalized spacial score (nSPS) is 14.0. The van der Waals surface area contributed by atoms with Crippen LogP contribution in [0.4, 0.5) is 0 Å². The maximum atomic E-state index is 10.3. The quantitative estimate of drug-likeness (QED) is 0.757. The molecule has 2 aromatic rings. The van der Waals surface area contributed by atoms with Gasteiger partial charge in [0.2, 0.25) is 0 Å². The summed E-state index contributed by atoms with van der Waals surface area (Å²) in [6.45, 7) is 6.09. The summed E-state index contributed by atoms with van der Waals surface area (Å²) in [4.78, 5) is 2.11. The van der Waals surface area contributed by atoms with Crippen molar-refractivity contribution in [1.82, 2.24) is 0 Å². The molecule has 108 valence electrons. The summed E-state index contributed by atoms with van der Waals surface area (Å²) >= 11 is 1.61. The lowest BCUT2D eigenvalue weighted by Crippen LogP contribution is -2.15. The summed E-state index contributed by atoms with van der Waals surface area (Å²) in [6.07, 6.45) is 3.24. The van der Waals surface area contributed by atoms with E-state index < -0.39 is 6.10 Å². The van der Waals surface area contributed by atoms with Gasteiger partial charge >= 0.3 is 0 Å². The highest BCUT2D eigenvalue weighted by Crippen LogP contribution is 2.32. The van der Waals surface area contributed by atoms with Gasteiger partial charge in [-0.25, -0.2) is 0 Å². The summed E-state index contributed by atoms with van der Waals surface area (Å²) in [6, 6.07) is 20.1. The molecule has 0 amide bonds. The fourth-order valence-corrected chi connectivity index (χ4v) is 2.79. The fraction of sp³-hybridized carbons (Fsp3) is 0.158. The monoisotopic (exact) mass is 296 g/mol. The molecule has 0 saturated heterocycles. The second-order valence-corrected chi connectivity index (χ2v) is 6.13. The highest BCUT2D eigenvalue weighted by Gasteiger charge is 2.15. The van der Waals surface area contributed by atoms with Gasteiger partial charge in [-0.15, -0.1) is 0 Å². The van der Waals surface area contributed by atoms with Crippen LogP contribution in [0.5, 0.6) is 0 Å². The van der Waals surface area contributed by atoms with Crippen molar-refractivity contribution in [2.45, 2.75) is 17.9 Å². The number of rotatable bonds is 6. The average Bonchev–Trinajstić information content (AvgIpc) is 2.53. The van der Waals surface area contributed by atoms with Gasteiger partial charge in [0.05, 0.1) is 6.10 Å². The van der Waals surface area contributed by atoms with Gasteiger partial charge in [0.15, 0.2) is 0 Å². The van der Waals surface area contributed by atoms with Gasteiger partial charge in [0.25, 0.3) is 0 Å². The first-order chi connectivity index (χ1) is 10.2. The van der Waals surface area contributed by atoms with E-state index in [-0.39, 0.29) is 5.92 Å². The van der Waals surface area contributed by atoms with Gasteiger partial charge in [-0.2, -0.15) is 0 Å². The molecule has 0 aromatic heterocycles. The molecule has 0 radical (unpaired) electrons. The van der Waals surface area contributed by atoms with Crippen molar-refractivity contribution >= 4 is 17.8 Å². The lowest BCUT2D eigenvalue weighted by atomic mass is 10.0. The van der Waals surface area contributed by atoms with Gasteiger partial charge in [-0.3, -0.25) is 0 Å². The molecule has 0 aliphatic carbocycles. The average molecular weight is 296 g/mol. The number of aliphatic hydroxyl groups excluding tert-OH is 1. The van der Waals surface area contributed by atoms with Crippen molar-refractivity contribution in [3.63, 3.8) is 0 Å². The summed E-state index contributed by atoms with van der Waals surface area (Å²) in [5.41, 5.74) is 1.09. The highest BCUT2D eigenvalue weighted by molar-refractivity contribution is 8.03. The van der Waals surface area contributed by atoms with Crippen LogP contribution >= 0.6 is 11.8 Å². The Hall–Kier alpha value is -1.77. The largest absolute Gasteiger partial charge is 0.388 e. The summed E-state index contributed by atoms with van der Waals surface area (Å²) < 4.78 is 0.